The van der Waals surface area contributed by atoms with Crippen LogP contribution in [-0.2, 0) is 22.4 Å². The first-order chi connectivity index (χ1) is 15.4. The molecule has 0 spiro atoms. The van der Waals surface area contributed by atoms with E-state index in [1.54, 1.807) is 0 Å². The predicted molar refractivity (Wildman–Crippen MR) is 127 cm³/mol. The Bertz CT molecular complexity index is 928. The highest BCUT2D eigenvalue weighted by molar-refractivity contribution is 5.79. The van der Waals surface area contributed by atoms with Crippen LogP contribution in [0.25, 0.3) is 0 Å². The fourth-order valence-electron chi connectivity index (χ4n) is 4.60. The molecule has 0 radical (unpaired) electrons. The predicted octanol–water partition coefficient (Wildman–Crippen LogP) is 3.57. The quantitative estimate of drug-likeness (QED) is 0.693. The molecule has 2 aliphatic rings. The van der Waals surface area contributed by atoms with Crippen molar-refractivity contribution < 1.29 is 9.53 Å². The highest BCUT2D eigenvalue weighted by Gasteiger charge is 2.31. The number of benzene rings is 1. The van der Waals surface area contributed by atoms with Crippen LogP contribution in [0.2, 0.25) is 0 Å². The van der Waals surface area contributed by atoms with E-state index in [2.05, 4.69) is 56.9 Å². The number of ether oxygens (including phenoxy) is 1. The fraction of sp³-hybridized carbons (Fsp3) is 0.577. The first-order valence-electron chi connectivity index (χ1n) is 11.9. The monoisotopic (exact) mass is 436 g/mol. The molecule has 0 bridgehead atoms. The van der Waals surface area contributed by atoms with Crippen LogP contribution < -0.4 is 4.90 Å². The Morgan fingerprint density at radius 2 is 1.81 bits per heavy atom. The molecular weight excluding hydrogens is 400 g/mol. The zero-order chi connectivity index (χ0) is 22.7. The van der Waals surface area contributed by atoms with Crippen molar-refractivity contribution in [3.05, 3.63) is 52.5 Å². The van der Waals surface area contributed by atoms with E-state index in [9.17, 15) is 4.79 Å². The van der Waals surface area contributed by atoms with Gasteiger partial charge in [0.05, 0.1) is 12.5 Å². The van der Waals surface area contributed by atoms with Crippen LogP contribution in [0, 0.1) is 25.7 Å². The van der Waals surface area contributed by atoms with Gasteiger partial charge >= 0.3 is 0 Å². The molecular formula is C26H36N4O2. The lowest BCUT2D eigenvalue weighted by atomic mass is 10.0. The van der Waals surface area contributed by atoms with Crippen LogP contribution in [-0.4, -0.2) is 60.2 Å². The van der Waals surface area contributed by atoms with Gasteiger partial charge in [0.25, 0.3) is 0 Å². The SMILES string of the molecule is Cc1ccc(Cc2c(C)nc(CC(C)C)nc2N2CCN(C(=O)[C@H]3CCOC3)CC2)cc1. The number of hydrogen-bond acceptors (Lipinski definition) is 5. The van der Waals surface area contributed by atoms with Crippen LogP contribution in [0.1, 0.15) is 48.5 Å². The topological polar surface area (TPSA) is 58.6 Å². The fourth-order valence-corrected chi connectivity index (χ4v) is 4.60. The Balaban J connectivity index is 1.55. The highest BCUT2D eigenvalue weighted by Crippen LogP contribution is 2.27. The Morgan fingerprint density at radius 1 is 1.09 bits per heavy atom. The van der Waals surface area contributed by atoms with Crippen LogP contribution in [0.15, 0.2) is 24.3 Å². The van der Waals surface area contributed by atoms with E-state index in [1.165, 1.54) is 16.7 Å². The van der Waals surface area contributed by atoms with Gasteiger partial charge in [-0.1, -0.05) is 43.7 Å². The van der Waals surface area contributed by atoms with Crippen LogP contribution in [0.3, 0.4) is 0 Å². The summed E-state index contributed by atoms with van der Waals surface area (Å²) in [4.78, 5) is 27.1. The van der Waals surface area contributed by atoms with Crippen molar-refractivity contribution in [2.24, 2.45) is 11.8 Å². The molecule has 3 heterocycles. The molecule has 1 aromatic carbocycles. The van der Waals surface area contributed by atoms with Crippen LogP contribution >= 0.6 is 0 Å². The Kier molecular flexibility index (Phi) is 7.09. The van der Waals surface area contributed by atoms with Gasteiger partial charge in [0.1, 0.15) is 11.6 Å². The molecule has 4 rings (SSSR count). The molecule has 6 heteroatoms. The second-order valence-electron chi connectivity index (χ2n) is 9.66. The maximum atomic E-state index is 12.8. The number of carbonyl (C=O) groups is 1. The smallest absolute Gasteiger partial charge is 0.228 e. The summed E-state index contributed by atoms with van der Waals surface area (Å²) < 4.78 is 5.42. The van der Waals surface area contributed by atoms with E-state index in [4.69, 9.17) is 14.7 Å². The highest BCUT2D eigenvalue weighted by atomic mass is 16.5. The first-order valence-corrected chi connectivity index (χ1v) is 11.9. The molecule has 0 N–H and O–H groups in total. The molecule has 2 aromatic rings. The van der Waals surface area contributed by atoms with E-state index < -0.39 is 0 Å². The zero-order valence-corrected chi connectivity index (χ0v) is 19.9. The molecule has 1 aromatic heterocycles. The number of aryl methyl sites for hydroxylation is 2. The number of amides is 1. The molecule has 0 unspecified atom stereocenters. The maximum absolute atomic E-state index is 12.8. The van der Waals surface area contributed by atoms with Gasteiger partial charge in [-0.2, -0.15) is 0 Å². The normalized spacial score (nSPS) is 19.1. The van der Waals surface area contributed by atoms with Crippen molar-refractivity contribution in [2.45, 2.75) is 47.0 Å². The minimum absolute atomic E-state index is 0.0394. The van der Waals surface area contributed by atoms with Crippen molar-refractivity contribution in [1.82, 2.24) is 14.9 Å². The van der Waals surface area contributed by atoms with Gasteiger partial charge < -0.3 is 14.5 Å². The minimum Gasteiger partial charge on any atom is -0.381 e. The van der Waals surface area contributed by atoms with Gasteiger partial charge in [0, 0.05) is 56.9 Å². The minimum atomic E-state index is 0.0394. The molecule has 1 atom stereocenters. The number of anilines is 1. The number of carbonyl (C=O) groups excluding carboxylic acids is 1. The van der Waals surface area contributed by atoms with E-state index in [0.29, 0.717) is 19.1 Å². The summed E-state index contributed by atoms with van der Waals surface area (Å²) in [5, 5.41) is 0. The molecule has 172 valence electrons. The molecule has 2 saturated heterocycles. The molecule has 0 aliphatic carbocycles. The standard InChI is InChI=1S/C26H36N4O2/c1-18(2)15-24-27-20(4)23(16-21-7-5-19(3)6-8-21)25(28-24)29-10-12-30(13-11-29)26(31)22-9-14-32-17-22/h5-8,18,22H,9-17H2,1-4H3/t22-/m0/s1. The Labute approximate surface area is 192 Å². The summed E-state index contributed by atoms with van der Waals surface area (Å²) in [5.74, 6) is 2.76. The van der Waals surface area contributed by atoms with Crippen molar-refractivity contribution >= 4 is 11.7 Å². The summed E-state index contributed by atoms with van der Waals surface area (Å²) >= 11 is 0. The third-order valence-corrected chi connectivity index (χ3v) is 6.50. The molecule has 0 saturated carbocycles. The van der Waals surface area contributed by atoms with Gasteiger partial charge in [-0.3, -0.25) is 4.79 Å². The van der Waals surface area contributed by atoms with Crippen LogP contribution in [0.4, 0.5) is 5.82 Å². The van der Waals surface area contributed by atoms with E-state index in [1.807, 2.05) is 4.90 Å². The number of rotatable bonds is 6. The molecule has 2 fully saturated rings. The third-order valence-electron chi connectivity index (χ3n) is 6.50. The van der Waals surface area contributed by atoms with Gasteiger partial charge in [-0.25, -0.2) is 9.97 Å². The van der Waals surface area contributed by atoms with Gasteiger partial charge in [0.15, 0.2) is 0 Å². The van der Waals surface area contributed by atoms with Crippen LogP contribution in [0.5, 0.6) is 0 Å². The van der Waals surface area contributed by atoms with Crippen molar-refractivity contribution in [2.75, 3.05) is 44.3 Å². The summed E-state index contributed by atoms with van der Waals surface area (Å²) in [6, 6.07) is 8.71. The van der Waals surface area contributed by atoms with Crippen molar-refractivity contribution in [3.8, 4) is 0 Å². The molecule has 32 heavy (non-hydrogen) atoms. The lowest BCUT2D eigenvalue weighted by Gasteiger charge is -2.37. The van der Waals surface area contributed by atoms with Gasteiger partial charge in [-0.05, 0) is 31.7 Å². The molecule has 1 amide bonds. The number of piperazine rings is 1. The molecule has 6 nitrogen and oxygen atoms in total. The lowest BCUT2D eigenvalue weighted by Crippen LogP contribution is -2.51. The Morgan fingerprint density at radius 3 is 2.44 bits per heavy atom. The summed E-state index contributed by atoms with van der Waals surface area (Å²) in [6.45, 7) is 13.0. The largest absolute Gasteiger partial charge is 0.381 e. The zero-order valence-electron chi connectivity index (χ0n) is 19.9. The van der Waals surface area contributed by atoms with E-state index in [-0.39, 0.29) is 11.8 Å². The van der Waals surface area contributed by atoms with Gasteiger partial charge in [-0.15, -0.1) is 0 Å². The van der Waals surface area contributed by atoms with Crippen molar-refractivity contribution in [3.63, 3.8) is 0 Å². The van der Waals surface area contributed by atoms with Gasteiger partial charge in [0.2, 0.25) is 5.91 Å². The second kappa shape index (κ2) is 9.99. The Hall–Kier alpha value is -2.47. The van der Waals surface area contributed by atoms with E-state index >= 15 is 0 Å². The number of aromatic nitrogens is 2. The molecule has 2 aliphatic heterocycles. The maximum Gasteiger partial charge on any atom is 0.228 e. The average molecular weight is 437 g/mol. The third kappa shape index (κ3) is 5.29. The van der Waals surface area contributed by atoms with E-state index in [0.717, 1.165) is 62.8 Å². The summed E-state index contributed by atoms with van der Waals surface area (Å²) in [6.07, 6.45) is 2.55. The summed E-state index contributed by atoms with van der Waals surface area (Å²) in [5.41, 5.74) is 4.80. The first kappa shape index (κ1) is 22.7. The number of nitrogens with zero attached hydrogens (tertiary/aromatic N) is 4. The van der Waals surface area contributed by atoms with Crippen molar-refractivity contribution in [1.29, 1.82) is 0 Å². The average Bonchev–Trinajstić information content (AvgIpc) is 3.31. The lowest BCUT2D eigenvalue weighted by molar-refractivity contribution is -0.135. The summed E-state index contributed by atoms with van der Waals surface area (Å²) in [7, 11) is 0. The second-order valence-corrected chi connectivity index (χ2v) is 9.66. The number of hydrogen-bond donors (Lipinski definition) is 0.